The fourth-order valence-electron chi connectivity index (χ4n) is 3.18. The molecule has 0 unspecified atom stereocenters. The van der Waals surface area contributed by atoms with Crippen molar-refractivity contribution < 1.29 is 23.8 Å². The van der Waals surface area contributed by atoms with Gasteiger partial charge in [-0.3, -0.25) is 9.59 Å². The third kappa shape index (κ3) is 4.57. The van der Waals surface area contributed by atoms with E-state index in [1.165, 1.54) is 7.11 Å². The Balaban J connectivity index is 1.58. The molecule has 0 spiro atoms. The van der Waals surface area contributed by atoms with Gasteiger partial charge < -0.3 is 19.1 Å². The summed E-state index contributed by atoms with van der Waals surface area (Å²) in [5, 5.41) is 0.474. The van der Waals surface area contributed by atoms with Crippen LogP contribution in [0.3, 0.4) is 0 Å². The number of halogens is 1. The second kappa shape index (κ2) is 8.97. The third-order valence-corrected chi connectivity index (χ3v) is 5.02. The summed E-state index contributed by atoms with van der Waals surface area (Å²) in [6, 6.07) is 11.8. The van der Waals surface area contributed by atoms with Gasteiger partial charge in [-0.2, -0.15) is 0 Å². The van der Waals surface area contributed by atoms with Crippen LogP contribution in [0.15, 0.2) is 42.5 Å². The highest BCUT2D eigenvalue weighted by Crippen LogP contribution is 2.27. The molecule has 1 fully saturated rings. The van der Waals surface area contributed by atoms with E-state index in [4.69, 9.17) is 25.8 Å². The monoisotopic (exact) mass is 403 g/mol. The van der Waals surface area contributed by atoms with Crippen molar-refractivity contribution in [1.82, 2.24) is 4.90 Å². The molecule has 0 radical (unpaired) electrons. The van der Waals surface area contributed by atoms with Crippen LogP contribution in [-0.2, 0) is 4.79 Å². The third-order valence-electron chi connectivity index (χ3n) is 4.79. The maximum Gasteiger partial charge on any atom is 0.314 e. The van der Waals surface area contributed by atoms with E-state index >= 15 is 0 Å². The lowest BCUT2D eigenvalue weighted by Crippen LogP contribution is -2.41. The molecule has 0 aromatic heterocycles. The Morgan fingerprint density at radius 2 is 1.61 bits per heavy atom. The van der Waals surface area contributed by atoms with Crippen LogP contribution in [-0.4, -0.2) is 44.1 Å². The smallest absolute Gasteiger partial charge is 0.314 e. The fraction of sp³-hybridized carbons (Fsp3) is 0.333. The Morgan fingerprint density at radius 1 is 0.964 bits per heavy atom. The number of likely N-dealkylation sites (tertiary alicyclic amines) is 1. The average Bonchev–Trinajstić information content (AvgIpc) is 2.73. The van der Waals surface area contributed by atoms with Gasteiger partial charge in [0.15, 0.2) is 0 Å². The maximum atomic E-state index is 12.8. The Hall–Kier alpha value is -2.73. The Morgan fingerprint density at radius 3 is 2.21 bits per heavy atom. The largest absolute Gasteiger partial charge is 0.497 e. The van der Waals surface area contributed by atoms with Gasteiger partial charge in [-0.25, -0.2) is 0 Å². The molecule has 1 heterocycles. The minimum Gasteiger partial charge on any atom is -0.497 e. The van der Waals surface area contributed by atoms with Crippen molar-refractivity contribution in [3.63, 3.8) is 0 Å². The Kier molecular flexibility index (Phi) is 6.41. The van der Waals surface area contributed by atoms with E-state index in [2.05, 4.69) is 0 Å². The standard InChI is InChI=1S/C21H22ClNO5/c1-26-16-4-6-17(7-5-16)28-21(25)14-9-11-23(12-10-14)20(24)18-13-15(22)3-8-19(18)27-2/h3-8,13-14H,9-12H2,1-2H3. The molecular formula is C21H22ClNO5. The fourth-order valence-corrected chi connectivity index (χ4v) is 3.35. The zero-order valence-electron chi connectivity index (χ0n) is 15.8. The summed E-state index contributed by atoms with van der Waals surface area (Å²) in [6.45, 7) is 0.938. The second-order valence-electron chi connectivity index (χ2n) is 6.51. The Labute approximate surface area is 168 Å². The van der Waals surface area contributed by atoms with Gasteiger partial charge in [-0.1, -0.05) is 11.6 Å². The first-order chi connectivity index (χ1) is 13.5. The molecule has 1 saturated heterocycles. The summed E-state index contributed by atoms with van der Waals surface area (Å²) in [5.74, 6) is 0.984. The molecule has 1 aliphatic rings. The topological polar surface area (TPSA) is 65.1 Å². The number of hydrogen-bond donors (Lipinski definition) is 0. The SMILES string of the molecule is COc1ccc(OC(=O)C2CCN(C(=O)c3cc(Cl)ccc3OC)CC2)cc1. The molecule has 0 atom stereocenters. The molecule has 0 saturated carbocycles. The number of carbonyl (C=O) groups excluding carboxylic acids is 2. The van der Waals surface area contributed by atoms with Crippen LogP contribution in [0.4, 0.5) is 0 Å². The first kappa shape index (κ1) is 20.0. The van der Waals surface area contributed by atoms with Crippen LogP contribution in [0.1, 0.15) is 23.2 Å². The van der Waals surface area contributed by atoms with Crippen molar-refractivity contribution in [2.24, 2.45) is 5.92 Å². The van der Waals surface area contributed by atoms with E-state index in [0.29, 0.717) is 53.8 Å². The van der Waals surface area contributed by atoms with Gasteiger partial charge >= 0.3 is 5.97 Å². The number of ether oxygens (including phenoxy) is 3. The molecular weight excluding hydrogens is 382 g/mol. The van der Waals surface area contributed by atoms with Crippen LogP contribution < -0.4 is 14.2 Å². The van der Waals surface area contributed by atoms with Crippen LogP contribution in [0, 0.1) is 5.92 Å². The number of nitrogens with zero attached hydrogens (tertiary/aromatic N) is 1. The maximum absolute atomic E-state index is 12.8. The van der Waals surface area contributed by atoms with Gasteiger partial charge in [-0.05, 0) is 55.3 Å². The molecule has 1 amide bonds. The second-order valence-corrected chi connectivity index (χ2v) is 6.94. The normalized spacial score (nSPS) is 14.5. The lowest BCUT2D eigenvalue weighted by Gasteiger charge is -2.31. The van der Waals surface area contributed by atoms with Gasteiger partial charge in [-0.15, -0.1) is 0 Å². The van der Waals surface area contributed by atoms with Gasteiger partial charge in [0.2, 0.25) is 0 Å². The van der Waals surface area contributed by atoms with E-state index in [1.807, 2.05) is 0 Å². The van der Waals surface area contributed by atoms with Crippen LogP contribution in [0.2, 0.25) is 5.02 Å². The average molecular weight is 404 g/mol. The number of piperidine rings is 1. The van der Waals surface area contributed by atoms with E-state index in [-0.39, 0.29) is 17.8 Å². The highest BCUT2D eigenvalue weighted by Gasteiger charge is 2.30. The molecule has 2 aromatic carbocycles. The number of amides is 1. The van der Waals surface area contributed by atoms with E-state index in [0.717, 1.165) is 0 Å². The van der Waals surface area contributed by atoms with Crippen molar-refractivity contribution in [2.45, 2.75) is 12.8 Å². The summed E-state index contributed by atoms with van der Waals surface area (Å²) in [7, 11) is 3.09. The molecule has 7 heteroatoms. The van der Waals surface area contributed by atoms with Crippen LogP contribution in [0.5, 0.6) is 17.2 Å². The zero-order chi connectivity index (χ0) is 20.1. The van der Waals surface area contributed by atoms with Gasteiger partial charge in [0.1, 0.15) is 17.2 Å². The molecule has 0 bridgehead atoms. The van der Waals surface area contributed by atoms with Crippen molar-refractivity contribution in [3.8, 4) is 17.2 Å². The summed E-state index contributed by atoms with van der Waals surface area (Å²) in [4.78, 5) is 27.0. The summed E-state index contributed by atoms with van der Waals surface area (Å²) >= 11 is 6.02. The molecule has 6 nitrogen and oxygen atoms in total. The van der Waals surface area contributed by atoms with Gasteiger partial charge in [0.25, 0.3) is 5.91 Å². The highest BCUT2D eigenvalue weighted by molar-refractivity contribution is 6.31. The zero-order valence-corrected chi connectivity index (χ0v) is 16.6. The van der Waals surface area contributed by atoms with E-state index in [9.17, 15) is 9.59 Å². The first-order valence-corrected chi connectivity index (χ1v) is 9.38. The van der Waals surface area contributed by atoms with Crippen molar-refractivity contribution in [3.05, 3.63) is 53.1 Å². The lowest BCUT2D eigenvalue weighted by molar-refractivity contribution is -0.140. The molecule has 0 N–H and O–H groups in total. The lowest BCUT2D eigenvalue weighted by atomic mass is 9.96. The summed E-state index contributed by atoms with van der Waals surface area (Å²) in [5.41, 5.74) is 0.425. The number of methoxy groups -OCH3 is 2. The number of rotatable bonds is 5. The van der Waals surface area contributed by atoms with E-state index < -0.39 is 0 Å². The molecule has 0 aliphatic carbocycles. The minimum absolute atomic E-state index is 0.152. The van der Waals surface area contributed by atoms with Crippen molar-refractivity contribution >= 4 is 23.5 Å². The minimum atomic E-state index is -0.280. The molecule has 3 rings (SSSR count). The predicted molar refractivity (Wildman–Crippen MR) is 105 cm³/mol. The van der Waals surface area contributed by atoms with Crippen molar-refractivity contribution in [2.75, 3.05) is 27.3 Å². The summed E-state index contributed by atoms with van der Waals surface area (Å²) < 4.78 is 15.8. The number of esters is 1. The van der Waals surface area contributed by atoms with Crippen molar-refractivity contribution in [1.29, 1.82) is 0 Å². The van der Waals surface area contributed by atoms with Crippen LogP contribution >= 0.6 is 11.6 Å². The quantitative estimate of drug-likeness (QED) is 0.561. The van der Waals surface area contributed by atoms with Crippen LogP contribution in [0.25, 0.3) is 0 Å². The number of benzene rings is 2. The summed E-state index contributed by atoms with van der Waals surface area (Å²) in [6.07, 6.45) is 1.09. The number of carbonyl (C=O) groups is 2. The highest BCUT2D eigenvalue weighted by atomic mass is 35.5. The molecule has 28 heavy (non-hydrogen) atoms. The van der Waals surface area contributed by atoms with Gasteiger partial charge in [0.05, 0.1) is 25.7 Å². The van der Waals surface area contributed by atoms with Gasteiger partial charge in [0, 0.05) is 18.1 Å². The van der Waals surface area contributed by atoms with E-state index in [1.54, 1.807) is 54.5 Å². The number of hydrogen-bond acceptors (Lipinski definition) is 5. The first-order valence-electron chi connectivity index (χ1n) is 9.00. The predicted octanol–water partition coefficient (Wildman–Crippen LogP) is 3.82. The molecule has 2 aromatic rings. The Bertz CT molecular complexity index is 844. The molecule has 1 aliphatic heterocycles. The molecule has 148 valence electrons.